The number of benzene rings is 1. The summed E-state index contributed by atoms with van der Waals surface area (Å²) in [4.78, 5) is 17.9. The number of methoxy groups -OCH3 is 1. The summed E-state index contributed by atoms with van der Waals surface area (Å²) in [6, 6.07) is 7.71. The van der Waals surface area contributed by atoms with E-state index in [-0.39, 0.29) is 5.91 Å². The van der Waals surface area contributed by atoms with Gasteiger partial charge in [-0.3, -0.25) is 9.48 Å². The lowest BCUT2D eigenvalue weighted by Gasteiger charge is -2.13. The number of aryl methyl sites for hydroxylation is 2. The third kappa shape index (κ3) is 4.50. The Morgan fingerprint density at radius 1 is 1.26 bits per heavy atom. The molecule has 0 bridgehead atoms. The van der Waals surface area contributed by atoms with Crippen molar-refractivity contribution in [2.75, 3.05) is 13.7 Å². The first kappa shape index (κ1) is 21.2. The third-order valence-electron chi connectivity index (χ3n) is 5.67. The fourth-order valence-electron chi connectivity index (χ4n) is 3.78. The van der Waals surface area contributed by atoms with E-state index in [2.05, 4.69) is 17.3 Å². The Labute approximate surface area is 182 Å². The van der Waals surface area contributed by atoms with Gasteiger partial charge >= 0.3 is 0 Å². The molecule has 0 radical (unpaired) electrons. The smallest absolute Gasteiger partial charge is 0.252 e. The minimum atomic E-state index is -0.118. The first-order chi connectivity index (χ1) is 15.0. The maximum Gasteiger partial charge on any atom is 0.252 e. The maximum absolute atomic E-state index is 13.2. The number of ether oxygens (including phenoxy) is 2. The van der Waals surface area contributed by atoms with Gasteiger partial charge in [0.15, 0.2) is 17.1 Å². The highest BCUT2D eigenvalue weighted by Crippen LogP contribution is 2.40. The molecule has 0 atom stereocenters. The van der Waals surface area contributed by atoms with Crippen molar-refractivity contribution in [3.63, 3.8) is 0 Å². The highest BCUT2D eigenvalue weighted by molar-refractivity contribution is 6.06. The van der Waals surface area contributed by atoms with Crippen molar-refractivity contribution in [2.24, 2.45) is 7.05 Å². The Bertz CT molecular complexity index is 1100. The van der Waals surface area contributed by atoms with Crippen molar-refractivity contribution in [3.8, 4) is 11.5 Å². The number of pyridine rings is 1. The van der Waals surface area contributed by atoms with Crippen LogP contribution < -0.4 is 14.8 Å². The number of nitrogens with one attached hydrogen (secondary N) is 1. The van der Waals surface area contributed by atoms with Crippen molar-refractivity contribution in [2.45, 2.75) is 52.0 Å². The minimum absolute atomic E-state index is 0.118. The van der Waals surface area contributed by atoms with Gasteiger partial charge < -0.3 is 14.8 Å². The summed E-state index contributed by atoms with van der Waals surface area (Å²) < 4.78 is 13.0. The van der Waals surface area contributed by atoms with Crippen molar-refractivity contribution in [1.29, 1.82) is 0 Å². The van der Waals surface area contributed by atoms with Crippen LogP contribution in [0.15, 0.2) is 24.3 Å². The number of nitrogens with zero attached hydrogens (tertiary/aromatic N) is 3. The second-order valence-corrected chi connectivity index (χ2v) is 8.15. The molecule has 3 aromatic rings. The third-order valence-corrected chi connectivity index (χ3v) is 5.67. The summed E-state index contributed by atoms with van der Waals surface area (Å²) in [5.74, 6) is 1.73. The average molecular weight is 423 g/mol. The number of carbonyl (C=O) groups excluding carboxylic acids is 1. The number of hydrogen-bond donors (Lipinski definition) is 1. The van der Waals surface area contributed by atoms with Crippen LogP contribution in [0.1, 0.15) is 65.8 Å². The van der Waals surface area contributed by atoms with E-state index >= 15 is 0 Å². The number of unbranched alkanes of at least 4 members (excludes halogenated alkanes) is 1. The van der Waals surface area contributed by atoms with Crippen LogP contribution in [0.3, 0.4) is 0 Å². The molecule has 4 rings (SSSR count). The number of hydrogen-bond acceptors (Lipinski definition) is 5. The molecule has 1 N–H and O–H groups in total. The lowest BCUT2D eigenvalue weighted by Crippen LogP contribution is -2.23. The van der Waals surface area contributed by atoms with Gasteiger partial charge in [0, 0.05) is 25.2 Å². The summed E-state index contributed by atoms with van der Waals surface area (Å²) in [5.41, 5.74) is 4.15. The molecule has 0 unspecified atom stereocenters. The van der Waals surface area contributed by atoms with E-state index in [4.69, 9.17) is 14.5 Å². The summed E-state index contributed by atoms with van der Waals surface area (Å²) in [6.45, 7) is 5.10. The van der Waals surface area contributed by atoms with Gasteiger partial charge in [-0.25, -0.2) is 4.98 Å². The summed E-state index contributed by atoms with van der Waals surface area (Å²) >= 11 is 0. The minimum Gasteiger partial charge on any atom is -0.493 e. The van der Waals surface area contributed by atoms with Crippen molar-refractivity contribution < 1.29 is 14.3 Å². The van der Waals surface area contributed by atoms with Gasteiger partial charge in [0.1, 0.15) is 0 Å². The van der Waals surface area contributed by atoms with Crippen LogP contribution in [0, 0.1) is 6.92 Å². The van der Waals surface area contributed by atoms with Crippen LogP contribution >= 0.6 is 0 Å². The summed E-state index contributed by atoms with van der Waals surface area (Å²) in [6.07, 6.45) is 4.33. The molecular formula is C24H30N4O3. The van der Waals surface area contributed by atoms with Gasteiger partial charge in [-0.15, -0.1) is 0 Å². The number of fused-ring (bicyclic) bond motifs is 1. The standard InChI is InChI=1S/C24H30N4O3/c1-5-6-11-31-20-10-7-16(12-21(20)30-4)14-25-24(29)18-13-19(17-8-9-17)26-23-22(18)15(2)27-28(23)3/h7,10,12-13,17H,5-6,8-9,11,14H2,1-4H3,(H,25,29). The number of amides is 1. The monoisotopic (exact) mass is 422 g/mol. The predicted molar refractivity (Wildman–Crippen MR) is 120 cm³/mol. The topological polar surface area (TPSA) is 78.3 Å². The molecule has 0 spiro atoms. The van der Waals surface area contributed by atoms with Gasteiger partial charge in [-0.2, -0.15) is 5.10 Å². The lowest BCUT2D eigenvalue weighted by molar-refractivity contribution is 0.0952. The van der Waals surface area contributed by atoms with Crippen molar-refractivity contribution >= 4 is 16.9 Å². The number of rotatable bonds is 9. The molecule has 0 aliphatic heterocycles. The quantitative estimate of drug-likeness (QED) is 0.521. The molecule has 1 fully saturated rings. The van der Waals surface area contributed by atoms with E-state index in [0.29, 0.717) is 30.4 Å². The van der Waals surface area contributed by atoms with E-state index in [1.807, 2.05) is 38.2 Å². The van der Waals surface area contributed by atoms with Crippen LogP contribution in [0.25, 0.3) is 11.0 Å². The first-order valence-electron chi connectivity index (χ1n) is 10.9. The average Bonchev–Trinajstić information content (AvgIpc) is 3.58. The van der Waals surface area contributed by atoms with Crippen LogP contribution in [-0.2, 0) is 13.6 Å². The van der Waals surface area contributed by atoms with Gasteiger partial charge in [0.25, 0.3) is 5.91 Å². The van der Waals surface area contributed by atoms with Gasteiger partial charge in [-0.1, -0.05) is 19.4 Å². The fourth-order valence-corrected chi connectivity index (χ4v) is 3.78. The Hall–Kier alpha value is -3.09. The predicted octanol–water partition coefficient (Wildman–Crippen LogP) is 4.27. The van der Waals surface area contributed by atoms with Crippen molar-refractivity contribution in [3.05, 3.63) is 46.8 Å². The second-order valence-electron chi connectivity index (χ2n) is 8.15. The molecule has 0 saturated heterocycles. The van der Waals surface area contributed by atoms with Crippen LogP contribution in [-0.4, -0.2) is 34.4 Å². The molecule has 164 valence electrons. The second kappa shape index (κ2) is 8.96. The van der Waals surface area contributed by atoms with E-state index in [0.717, 1.165) is 59.4 Å². The Kier molecular flexibility index (Phi) is 6.11. The Morgan fingerprint density at radius 2 is 2.06 bits per heavy atom. The largest absolute Gasteiger partial charge is 0.493 e. The van der Waals surface area contributed by atoms with E-state index in [1.165, 1.54) is 0 Å². The van der Waals surface area contributed by atoms with Crippen LogP contribution in [0.5, 0.6) is 11.5 Å². The molecule has 1 amide bonds. The highest BCUT2D eigenvalue weighted by Gasteiger charge is 2.28. The molecule has 2 heterocycles. The summed E-state index contributed by atoms with van der Waals surface area (Å²) in [5, 5.41) is 8.35. The van der Waals surface area contributed by atoms with Crippen LogP contribution in [0.2, 0.25) is 0 Å². The molecule has 2 aromatic heterocycles. The van der Waals surface area contributed by atoms with Gasteiger partial charge in [0.05, 0.1) is 30.4 Å². The van der Waals surface area contributed by atoms with E-state index in [9.17, 15) is 4.79 Å². The summed E-state index contributed by atoms with van der Waals surface area (Å²) in [7, 11) is 3.50. The Balaban J connectivity index is 1.53. The van der Waals surface area contributed by atoms with Crippen LogP contribution in [0.4, 0.5) is 0 Å². The lowest BCUT2D eigenvalue weighted by atomic mass is 10.1. The molecule has 1 aromatic carbocycles. The first-order valence-corrected chi connectivity index (χ1v) is 10.9. The van der Waals surface area contributed by atoms with Gasteiger partial charge in [0.2, 0.25) is 0 Å². The van der Waals surface area contributed by atoms with E-state index < -0.39 is 0 Å². The molecular weight excluding hydrogens is 392 g/mol. The molecule has 7 nitrogen and oxygen atoms in total. The SMILES string of the molecule is CCCCOc1ccc(CNC(=O)c2cc(C3CC3)nc3c2c(C)nn3C)cc1OC. The van der Waals surface area contributed by atoms with Gasteiger partial charge in [-0.05, 0) is 49.9 Å². The van der Waals surface area contributed by atoms with E-state index in [1.54, 1.807) is 11.8 Å². The maximum atomic E-state index is 13.2. The number of aromatic nitrogens is 3. The normalized spacial score (nSPS) is 13.4. The molecule has 31 heavy (non-hydrogen) atoms. The Morgan fingerprint density at radius 3 is 2.77 bits per heavy atom. The fraction of sp³-hybridized carbons (Fsp3) is 0.458. The zero-order valence-electron chi connectivity index (χ0n) is 18.7. The zero-order valence-corrected chi connectivity index (χ0v) is 18.7. The zero-order chi connectivity index (χ0) is 22.0. The highest BCUT2D eigenvalue weighted by atomic mass is 16.5. The molecule has 1 aliphatic rings. The molecule has 1 saturated carbocycles. The van der Waals surface area contributed by atoms with Crippen molar-refractivity contribution in [1.82, 2.24) is 20.1 Å². The molecule has 1 aliphatic carbocycles. The number of carbonyl (C=O) groups is 1. The molecule has 7 heteroatoms.